The number of hydrogen-bond acceptors (Lipinski definition) is 5. The van der Waals surface area contributed by atoms with E-state index < -0.39 is 10.0 Å². The number of nitrogens with one attached hydrogen (secondary N) is 3. The van der Waals surface area contributed by atoms with Gasteiger partial charge in [-0.3, -0.25) is 4.90 Å². The number of sulfonamides is 1. The van der Waals surface area contributed by atoms with E-state index in [0.29, 0.717) is 12.6 Å². The van der Waals surface area contributed by atoms with Crippen LogP contribution in [0.5, 0.6) is 0 Å². The molecule has 10 heteroatoms. The van der Waals surface area contributed by atoms with Gasteiger partial charge in [-0.05, 0) is 69.0 Å². The first-order valence-electron chi connectivity index (χ1n) is 10.4. The number of aliphatic imine (C=N–C) groups is 1. The molecule has 1 saturated heterocycles. The molecule has 1 atom stereocenters. The van der Waals surface area contributed by atoms with Gasteiger partial charge in [0.25, 0.3) is 0 Å². The molecule has 2 aromatic rings. The Kier molecular flexibility index (Phi) is 10.7. The number of halogens is 1. The summed E-state index contributed by atoms with van der Waals surface area (Å²) in [6.07, 6.45) is 2.52. The van der Waals surface area contributed by atoms with Crippen LogP contribution in [0, 0.1) is 0 Å². The highest BCUT2D eigenvalue weighted by Crippen LogP contribution is 2.27. The summed E-state index contributed by atoms with van der Waals surface area (Å²) >= 11 is 1.80. The van der Waals surface area contributed by atoms with Crippen LogP contribution in [0.25, 0.3) is 0 Å². The molecule has 172 valence electrons. The maximum Gasteiger partial charge on any atom is 0.240 e. The molecule has 1 unspecified atom stereocenters. The van der Waals surface area contributed by atoms with E-state index in [1.807, 2.05) is 6.92 Å². The van der Waals surface area contributed by atoms with Crippen LogP contribution >= 0.6 is 35.3 Å². The average Bonchev–Trinajstić information content (AvgIpc) is 3.47. The van der Waals surface area contributed by atoms with E-state index in [1.165, 1.54) is 24.8 Å². The molecule has 2 heterocycles. The van der Waals surface area contributed by atoms with Crippen molar-refractivity contribution in [2.24, 2.45) is 4.99 Å². The van der Waals surface area contributed by atoms with Crippen molar-refractivity contribution in [3.63, 3.8) is 0 Å². The molecule has 0 bridgehead atoms. The minimum absolute atomic E-state index is 0. The average molecular weight is 578 g/mol. The van der Waals surface area contributed by atoms with Crippen molar-refractivity contribution in [2.45, 2.75) is 37.2 Å². The monoisotopic (exact) mass is 577 g/mol. The first kappa shape index (κ1) is 26.0. The molecule has 1 aromatic carbocycles. The third-order valence-corrected chi connectivity index (χ3v) is 7.59. The van der Waals surface area contributed by atoms with Crippen LogP contribution in [0.3, 0.4) is 0 Å². The van der Waals surface area contributed by atoms with Gasteiger partial charge in [-0.25, -0.2) is 18.1 Å². The van der Waals surface area contributed by atoms with Crippen molar-refractivity contribution in [2.75, 3.05) is 33.2 Å². The number of guanidine groups is 1. The van der Waals surface area contributed by atoms with E-state index in [-0.39, 0.29) is 28.9 Å². The molecule has 1 aliphatic heterocycles. The second-order valence-corrected chi connectivity index (χ2v) is 10.1. The molecular formula is C21H32IN5O2S2. The van der Waals surface area contributed by atoms with Crippen LogP contribution in [-0.4, -0.2) is 52.5 Å². The standard InChI is InChI=1S/C21H31N5O2S2.HI/c1-3-23-21(24-15-17-8-10-18(11-9-17)30(27,28)22-2)25-16-19(20-7-6-14-29-20)26-12-4-5-13-26;/h6-11,14,19,22H,3-5,12-13,15-16H2,1-2H3,(H2,23,24,25);1H. The van der Waals surface area contributed by atoms with Gasteiger partial charge in [-0.1, -0.05) is 18.2 Å². The molecule has 1 aromatic heterocycles. The van der Waals surface area contributed by atoms with E-state index in [1.54, 1.807) is 35.6 Å². The zero-order valence-electron chi connectivity index (χ0n) is 18.0. The fraction of sp³-hybridized carbons (Fsp3) is 0.476. The Morgan fingerprint density at radius 2 is 1.87 bits per heavy atom. The number of rotatable bonds is 9. The summed E-state index contributed by atoms with van der Waals surface area (Å²) in [5, 5.41) is 8.94. The van der Waals surface area contributed by atoms with Gasteiger partial charge in [0.05, 0.1) is 17.5 Å². The lowest BCUT2D eigenvalue weighted by Crippen LogP contribution is -2.42. The van der Waals surface area contributed by atoms with Gasteiger partial charge in [-0.15, -0.1) is 35.3 Å². The van der Waals surface area contributed by atoms with Crippen LogP contribution in [0.2, 0.25) is 0 Å². The van der Waals surface area contributed by atoms with Crippen molar-refractivity contribution in [3.8, 4) is 0 Å². The normalized spacial score (nSPS) is 16.0. The second-order valence-electron chi connectivity index (χ2n) is 7.20. The Labute approximate surface area is 206 Å². The first-order chi connectivity index (χ1) is 14.5. The Hall–Kier alpha value is -1.21. The van der Waals surface area contributed by atoms with Gasteiger partial charge in [0.1, 0.15) is 0 Å². The summed E-state index contributed by atoms with van der Waals surface area (Å²) < 4.78 is 26.0. The maximum absolute atomic E-state index is 11.9. The third kappa shape index (κ3) is 7.41. The number of hydrogen-bond donors (Lipinski definition) is 3. The van der Waals surface area contributed by atoms with Gasteiger partial charge >= 0.3 is 0 Å². The number of nitrogens with zero attached hydrogens (tertiary/aromatic N) is 2. The van der Waals surface area contributed by atoms with Crippen LogP contribution < -0.4 is 15.4 Å². The summed E-state index contributed by atoms with van der Waals surface area (Å²) in [7, 11) is -2.01. The summed E-state index contributed by atoms with van der Waals surface area (Å²) in [6, 6.07) is 11.5. The smallest absolute Gasteiger partial charge is 0.240 e. The van der Waals surface area contributed by atoms with Crippen molar-refractivity contribution >= 4 is 51.3 Å². The summed E-state index contributed by atoms with van der Waals surface area (Å²) in [5.41, 5.74) is 0.955. The predicted octanol–water partition coefficient (Wildman–Crippen LogP) is 3.17. The van der Waals surface area contributed by atoms with Crippen molar-refractivity contribution in [3.05, 3.63) is 52.2 Å². The van der Waals surface area contributed by atoms with Crippen LogP contribution in [0.1, 0.15) is 36.2 Å². The maximum atomic E-state index is 11.9. The van der Waals surface area contributed by atoms with Gasteiger partial charge in [0, 0.05) is 18.0 Å². The molecule has 3 N–H and O–H groups in total. The van der Waals surface area contributed by atoms with Gasteiger partial charge in [-0.2, -0.15) is 0 Å². The summed E-state index contributed by atoms with van der Waals surface area (Å²) in [6.45, 7) is 6.37. The van der Waals surface area contributed by atoms with Crippen molar-refractivity contribution in [1.82, 2.24) is 20.3 Å². The Morgan fingerprint density at radius 1 is 1.16 bits per heavy atom. The highest BCUT2D eigenvalue weighted by Gasteiger charge is 2.24. The Balaban J connectivity index is 0.00000341. The van der Waals surface area contributed by atoms with Gasteiger partial charge < -0.3 is 10.6 Å². The van der Waals surface area contributed by atoms with Crippen molar-refractivity contribution in [1.29, 1.82) is 0 Å². The minimum atomic E-state index is -3.42. The number of likely N-dealkylation sites (tertiary alicyclic amines) is 1. The van der Waals surface area contributed by atoms with Crippen LogP contribution in [0.15, 0.2) is 51.7 Å². The first-order valence-corrected chi connectivity index (χ1v) is 12.7. The molecule has 0 saturated carbocycles. The molecule has 0 aliphatic carbocycles. The SMILES string of the molecule is CCNC(=NCc1ccc(S(=O)(=O)NC)cc1)NCC(c1cccs1)N1CCCC1.I. The highest BCUT2D eigenvalue weighted by molar-refractivity contribution is 14.0. The fourth-order valence-electron chi connectivity index (χ4n) is 3.54. The third-order valence-electron chi connectivity index (χ3n) is 5.18. The molecule has 7 nitrogen and oxygen atoms in total. The van der Waals surface area contributed by atoms with Crippen molar-refractivity contribution < 1.29 is 8.42 Å². The summed E-state index contributed by atoms with van der Waals surface area (Å²) in [4.78, 5) is 8.87. The predicted molar refractivity (Wildman–Crippen MR) is 139 cm³/mol. The van der Waals surface area contributed by atoms with E-state index in [0.717, 1.165) is 37.7 Å². The second kappa shape index (κ2) is 12.7. The van der Waals surface area contributed by atoms with Gasteiger partial charge in [0.15, 0.2) is 5.96 Å². The summed E-state index contributed by atoms with van der Waals surface area (Å²) in [5.74, 6) is 0.769. The Morgan fingerprint density at radius 3 is 2.45 bits per heavy atom. The fourth-order valence-corrected chi connectivity index (χ4v) is 5.13. The highest BCUT2D eigenvalue weighted by atomic mass is 127. The largest absolute Gasteiger partial charge is 0.357 e. The van der Waals surface area contributed by atoms with Crippen LogP contribution in [0.4, 0.5) is 0 Å². The zero-order valence-corrected chi connectivity index (χ0v) is 22.0. The lowest BCUT2D eigenvalue weighted by Gasteiger charge is -2.27. The van der Waals surface area contributed by atoms with E-state index in [2.05, 4.69) is 42.8 Å². The quantitative estimate of drug-likeness (QED) is 0.242. The molecule has 1 aliphatic rings. The number of benzene rings is 1. The topological polar surface area (TPSA) is 85.8 Å². The minimum Gasteiger partial charge on any atom is -0.357 e. The molecule has 0 amide bonds. The molecule has 1 fully saturated rings. The number of thiophene rings is 1. The van der Waals surface area contributed by atoms with E-state index in [4.69, 9.17) is 0 Å². The Bertz CT molecular complexity index is 912. The zero-order chi connectivity index (χ0) is 21.4. The van der Waals surface area contributed by atoms with E-state index >= 15 is 0 Å². The molecule has 3 rings (SSSR count). The van der Waals surface area contributed by atoms with Gasteiger partial charge in [0.2, 0.25) is 10.0 Å². The molecule has 31 heavy (non-hydrogen) atoms. The molecular weight excluding hydrogens is 545 g/mol. The molecule has 0 spiro atoms. The molecule has 0 radical (unpaired) electrons. The van der Waals surface area contributed by atoms with E-state index in [9.17, 15) is 8.42 Å². The lowest BCUT2D eigenvalue weighted by molar-refractivity contribution is 0.249. The van der Waals surface area contributed by atoms with Crippen LogP contribution in [-0.2, 0) is 16.6 Å². The lowest BCUT2D eigenvalue weighted by atomic mass is 10.2.